The minimum absolute atomic E-state index is 0.356. The highest BCUT2D eigenvalue weighted by molar-refractivity contribution is 6.37. The van der Waals surface area contributed by atoms with E-state index in [4.69, 9.17) is 33.7 Å². The molecule has 24 heavy (non-hydrogen) atoms. The van der Waals surface area contributed by atoms with Gasteiger partial charge in [0.2, 0.25) is 0 Å². The highest BCUT2D eigenvalue weighted by Gasteiger charge is 2.10. The molecule has 0 heterocycles. The number of nitrogens with zero attached hydrogens (tertiary/aromatic N) is 1. The monoisotopic (exact) mass is 365 g/mol. The highest BCUT2D eigenvalue weighted by atomic mass is 35.5. The molecule has 0 aliphatic heterocycles. The molecule has 0 atom stereocenters. The van der Waals surface area contributed by atoms with Crippen molar-refractivity contribution >= 4 is 41.0 Å². The van der Waals surface area contributed by atoms with Gasteiger partial charge in [0.25, 0.3) is 5.91 Å². The minimum atomic E-state index is -0.399. The SMILES string of the molecule is CCCOc1c(Cl)cc(/C=N\NC(=O)c2ccccc2N)cc1Cl. The fourth-order valence-electron chi connectivity index (χ4n) is 1.93. The van der Waals surface area contributed by atoms with E-state index in [0.29, 0.717) is 39.2 Å². The van der Waals surface area contributed by atoms with Gasteiger partial charge in [-0.1, -0.05) is 42.3 Å². The van der Waals surface area contributed by atoms with Crippen LogP contribution in [0.5, 0.6) is 5.75 Å². The van der Waals surface area contributed by atoms with Crippen LogP contribution in [-0.4, -0.2) is 18.7 Å². The number of ether oxygens (including phenoxy) is 1. The number of nitrogen functional groups attached to an aromatic ring is 1. The van der Waals surface area contributed by atoms with E-state index in [9.17, 15) is 4.79 Å². The fourth-order valence-corrected chi connectivity index (χ4v) is 2.54. The lowest BCUT2D eigenvalue weighted by molar-refractivity contribution is 0.0956. The lowest BCUT2D eigenvalue weighted by Gasteiger charge is -2.09. The number of benzene rings is 2. The van der Waals surface area contributed by atoms with Crippen LogP contribution in [0.25, 0.3) is 0 Å². The Morgan fingerprint density at radius 3 is 2.58 bits per heavy atom. The van der Waals surface area contributed by atoms with Gasteiger partial charge in [-0.3, -0.25) is 4.79 Å². The van der Waals surface area contributed by atoms with Gasteiger partial charge in [-0.2, -0.15) is 5.10 Å². The van der Waals surface area contributed by atoms with Crippen LogP contribution in [0.1, 0.15) is 29.3 Å². The molecule has 126 valence electrons. The molecule has 5 nitrogen and oxygen atoms in total. The van der Waals surface area contributed by atoms with Crippen molar-refractivity contribution < 1.29 is 9.53 Å². The second kappa shape index (κ2) is 8.57. The first kappa shape index (κ1) is 18.1. The Balaban J connectivity index is 2.07. The number of para-hydroxylation sites is 1. The lowest BCUT2D eigenvalue weighted by Crippen LogP contribution is -2.19. The number of carbonyl (C=O) groups is 1. The first-order chi connectivity index (χ1) is 11.5. The van der Waals surface area contributed by atoms with Gasteiger partial charge in [0, 0.05) is 5.69 Å². The third-order valence-corrected chi connectivity index (χ3v) is 3.62. The molecule has 0 aliphatic carbocycles. The van der Waals surface area contributed by atoms with E-state index in [0.717, 1.165) is 6.42 Å². The van der Waals surface area contributed by atoms with Crippen LogP contribution in [0.2, 0.25) is 10.0 Å². The summed E-state index contributed by atoms with van der Waals surface area (Å²) in [7, 11) is 0. The van der Waals surface area contributed by atoms with Crippen LogP contribution in [0, 0.1) is 0 Å². The van der Waals surface area contributed by atoms with Gasteiger partial charge in [-0.25, -0.2) is 5.43 Å². The Bertz CT molecular complexity index is 740. The van der Waals surface area contributed by atoms with E-state index in [1.165, 1.54) is 6.21 Å². The summed E-state index contributed by atoms with van der Waals surface area (Å²) in [5.41, 5.74) is 9.52. The molecule has 0 saturated carbocycles. The molecule has 0 aromatic heterocycles. The van der Waals surface area contributed by atoms with E-state index in [1.54, 1.807) is 36.4 Å². The zero-order valence-corrected chi connectivity index (χ0v) is 14.6. The molecule has 0 bridgehead atoms. The van der Waals surface area contributed by atoms with Gasteiger partial charge in [-0.15, -0.1) is 0 Å². The summed E-state index contributed by atoms with van der Waals surface area (Å²) >= 11 is 12.3. The second-order valence-corrected chi connectivity index (χ2v) is 5.76. The van der Waals surface area contributed by atoms with Crippen molar-refractivity contribution in [3.05, 3.63) is 57.6 Å². The van der Waals surface area contributed by atoms with Crippen molar-refractivity contribution in [1.82, 2.24) is 5.43 Å². The van der Waals surface area contributed by atoms with Crippen molar-refractivity contribution in [2.24, 2.45) is 5.10 Å². The molecule has 0 spiro atoms. The summed E-state index contributed by atoms with van der Waals surface area (Å²) < 4.78 is 5.49. The van der Waals surface area contributed by atoms with E-state index < -0.39 is 5.91 Å². The number of carbonyl (C=O) groups excluding carboxylic acids is 1. The van der Waals surface area contributed by atoms with Gasteiger partial charge < -0.3 is 10.5 Å². The fraction of sp³-hybridized carbons (Fsp3) is 0.176. The molecule has 2 rings (SSSR count). The number of hydrogen-bond donors (Lipinski definition) is 2. The maximum atomic E-state index is 12.0. The smallest absolute Gasteiger partial charge is 0.273 e. The van der Waals surface area contributed by atoms with Crippen molar-refractivity contribution in [3.8, 4) is 5.75 Å². The average molecular weight is 366 g/mol. The number of nitrogens with two attached hydrogens (primary N) is 1. The molecule has 0 fully saturated rings. The molecule has 3 N–H and O–H groups in total. The van der Waals surface area contributed by atoms with Crippen LogP contribution in [-0.2, 0) is 0 Å². The van der Waals surface area contributed by atoms with Crippen molar-refractivity contribution in [2.45, 2.75) is 13.3 Å². The van der Waals surface area contributed by atoms with Crippen LogP contribution in [0.15, 0.2) is 41.5 Å². The molecule has 7 heteroatoms. The number of hydrazone groups is 1. The predicted octanol–water partition coefficient (Wildman–Crippen LogP) is 4.13. The molecular weight excluding hydrogens is 349 g/mol. The number of halogens is 2. The quantitative estimate of drug-likeness (QED) is 0.459. The van der Waals surface area contributed by atoms with Crippen molar-refractivity contribution in [2.75, 3.05) is 12.3 Å². The largest absolute Gasteiger partial charge is 0.490 e. The number of hydrogen-bond acceptors (Lipinski definition) is 4. The third kappa shape index (κ3) is 4.63. The van der Waals surface area contributed by atoms with E-state index in [1.807, 2.05) is 6.92 Å². The Labute approximate surface area is 150 Å². The topological polar surface area (TPSA) is 76.7 Å². The Morgan fingerprint density at radius 2 is 1.96 bits per heavy atom. The van der Waals surface area contributed by atoms with E-state index in [2.05, 4.69) is 10.5 Å². The van der Waals surface area contributed by atoms with Crippen LogP contribution < -0.4 is 15.9 Å². The number of nitrogens with one attached hydrogen (secondary N) is 1. The zero-order chi connectivity index (χ0) is 17.5. The van der Waals surface area contributed by atoms with Crippen LogP contribution in [0.4, 0.5) is 5.69 Å². The van der Waals surface area contributed by atoms with E-state index >= 15 is 0 Å². The van der Waals surface area contributed by atoms with Gasteiger partial charge in [0.05, 0.1) is 28.4 Å². The van der Waals surface area contributed by atoms with E-state index in [-0.39, 0.29) is 0 Å². The standard InChI is InChI=1S/C17H17Cl2N3O2/c1-2-7-24-16-13(18)8-11(9-14(16)19)10-21-22-17(23)12-5-3-4-6-15(12)20/h3-6,8-10H,2,7,20H2,1H3,(H,22,23)/b21-10-. The number of rotatable bonds is 6. The summed E-state index contributed by atoms with van der Waals surface area (Å²) in [6, 6.07) is 10.1. The molecule has 2 aromatic carbocycles. The summed E-state index contributed by atoms with van der Waals surface area (Å²) in [6.45, 7) is 2.52. The molecular formula is C17H17Cl2N3O2. The van der Waals surface area contributed by atoms with Gasteiger partial charge >= 0.3 is 0 Å². The summed E-state index contributed by atoms with van der Waals surface area (Å²) in [5, 5.41) is 4.67. The predicted molar refractivity (Wildman–Crippen MR) is 98.2 cm³/mol. The average Bonchev–Trinajstić information content (AvgIpc) is 2.54. The lowest BCUT2D eigenvalue weighted by atomic mass is 10.2. The molecule has 0 aliphatic rings. The molecule has 0 radical (unpaired) electrons. The van der Waals surface area contributed by atoms with Crippen LogP contribution in [0.3, 0.4) is 0 Å². The summed E-state index contributed by atoms with van der Waals surface area (Å²) in [6.07, 6.45) is 2.29. The van der Waals surface area contributed by atoms with Gasteiger partial charge in [0.1, 0.15) is 0 Å². The first-order valence-corrected chi connectivity index (χ1v) is 8.08. The first-order valence-electron chi connectivity index (χ1n) is 7.32. The Hall–Kier alpha value is -2.24. The summed E-state index contributed by atoms with van der Waals surface area (Å²) in [4.78, 5) is 12.0. The van der Waals surface area contributed by atoms with Crippen molar-refractivity contribution in [1.29, 1.82) is 0 Å². The van der Waals surface area contributed by atoms with Crippen LogP contribution >= 0.6 is 23.2 Å². The second-order valence-electron chi connectivity index (χ2n) is 4.95. The van der Waals surface area contributed by atoms with Crippen molar-refractivity contribution in [3.63, 3.8) is 0 Å². The normalized spacial score (nSPS) is 10.8. The maximum Gasteiger partial charge on any atom is 0.273 e. The highest BCUT2D eigenvalue weighted by Crippen LogP contribution is 2.33. The maximum absolute atomic E-state index is 12.0. The number of amides is 1. The summed E-state index contributed by atoms with van der Waals surface area (Å²) in [5.74, 6) is 0.0443. The number of anilines is 1. The molecule has 2 aromatic rings. The third-order valence-electron chi connectivity index (χ3n) is 3.06. The minimum Gasteiger partial charge on any atom is -0.490 e. The zero-order valence-electron chi connectivity index (χ0n) is 13.1. The Morgan fingerprint density at radius 1 is 1.29 bits per heavy atom. The molecule has 0 saturated heterocycles. The van der Waals surface area contributed by atoms with Gasteiger partial charge in [-0.05, 0) is 36.2 Å². The van der Waals surface area contributed by atoms with Gasteiger partial charge in [0.15, 0.2) is 5.75 Å². The molecule has 0 unspecified atom stereocenters. The Kier molecular flexibility index (Phi) is 6.46. The molecule has 1 amide bonds.